The van der Waals surface area contributed by atoms with Crippen LogP contribution >= 0.6 is 0 Å². The molecule has 0 aliphatic carbocycles. The van der Waals surface area contributed by atoms with E-state index in [0.29, 0.717) is 0 Å². The molecule has 0 aromatic heterocycles. The minimum absolute atomic E-state index is 1.04. The summed E-state index contributed by atoms with van der Waals surface area (Å²) in [6.07, 6.45) is 0. The summed E-state index contributed by atoms with van der Waals surface area (Å²) in [6, 6.07) is 0. The van der Waals surface area contributed by atoms with Gasteiger partial charge in [0.2, 0.25) is 0 Å². The zero-order chi connectivity index (χ0) is 8.31. The molecular weight excluding hydrogens is 173 g/mol. The van der Waals surface area contributed by atoms with Crippen molar-refractivity contribution in [3.05, 3.63) is 0 Å². The Labute approximate surface area is 71.3 Å². The van der Waals surface area contributed by atoms with Gasteiger partial charge in [-0.05, 0) is 0 Å². The van der Waals surface area contributed by atoms with Crippen molar-refractivity contribution in [2.45, 2.75) is 55.1 Å². The van der Waals surface area contributed by atoms with E-state index in [9.17, 15) is 0 Å². The Kier molecular flexibility index (Phi) is 4.77. The molecule has 0 fully saturated rings. The van der Waals surface area contributed by atoms with Gasteiger partial charge in [0.1, 0.15) is 0 Å². The Morgan fingerprint density at radius 2 is 0.800 bits per heavy atom. The van der Waals surface area contributed by atoms with E-state index < -0.39 is 16.0 Å². The molecule has 0 atom stereocenters. The first-order valence-corrected chi connectivity index (χ1v) is 9.83. The molecule has 0 radical (unpaired) electrons. The monoisotopic (exact) mass is 193 g/mol. The zero-order valence-corrected chi connectivity index (χ0v) is 11.4. The third-order valence-electron chi connectivity index (χ3n) is 2.83. The molecule has 0 heterocycles. The van der Waals surface area contributed by atoms with Gasteiger partial charge in [-0.25, -0.2) is 0 Å². The molecule has 0 aromatic rings. The van der Waals surface area contributed by atoms with Crippen LogP contribution in [0.1, 0.15) is 41.5 Å². The molecule has 59 valence electrons. The van der Waals surface area contributed by atoms with Crippen LogP contribution in [0.5, 0.6) is 0 Å². The van der Waals surface area contributed by atoms with Crippen LogP contribution in [0.3, 0.4) is 0 Å². The third-order valence-corrected chi connectivity index (χ3v) is 14.7. The predicted octanol–water partition coefficient (Wildman–Crippen LogP) is 4.09. The molecule has 0 aliphatic rings. The first kappa shape index (κ1) is 10.6. The van der Waals surface area contributed by atoms with E-state index in [0.717, 1.165) is 13.5 Å². The van der Waals surface area contributed by atoms with Crippen LogP contribution in [0, 0.1) is 0 Å². The van der Waals surface area contributed by atoms with Gasteiger partial charge in [0, 0.05) is 0 Å². The zero-order valence-electron chi connectivity index (χ0n) is 8.44. The Morgan fingerprint density at radius 3 is 0.800 bits per heavy atom. The normalized spacial score (nSPS) is 11.7. The molecular formula is C9H21Zn. The number of hydrogen-bond acceptors (Lipinski definition) is 0. The van der Waals surface area contributed by atoms with Crippen molar-refractivity contribution in [2.75, 3.05) is 0 Å². The molecule has 0 nitrogen and oxygen atoms in total. The van der Waals surface area contributed by atoms with Gasteiger partial charge >= 0.3 is 71.0 Å². The van der Waals surface area contributed by atoms with Gasteiger partial charge in [0.25, 0.3) is 0 Å². The Morgan fingerprint density at radius 1 is 0.600 bits per heavy atom. The van der Waals surface area contributed by atoms with Crippen molar-refractivity contribution in [1.29, 1.82) is 0 Å². The fourth-order valence-corrected chi connectivity index (χ4v) is 14.7. The van der Waals surface area contributed by atoms with E-state index in [2.05, 4.69) is 41.5 Å². The second kappa shape index (κ2) is 4.49. The van der Waals surface area contributed by atoms with Crippen LogP contribution in [0.4, 0.5) is 0 Å². The van der Waals surface area contributed by atoms with E-state index >= 15 is 0 Å². The second-order valence-electron chi connectivity index (χ2n) is 4.89. The van der Waals surface area contributed by atoms with Crippen molar-refractivity contribution < 1.29 is 16.0 Å². The Bertz CT molecular complexity index is 65.7. The average molecular weight is 195 g/mol. The quantitative estimate of drug-likeness (QED) is 0.594. The summed E-state index contributed by atoms with van der Waals surface area (Å²) >= 11 is -1.12. The summed E-state index contributed by atoms with van der Waals surface area (Å²) in [7, 11) is 0. The number of rotatable bonds is 3. The van der Waals surface area contributed by atoms with E-state index in [1.54, 1.807) is 0 Å². The van der Waals surface area contributed by atoms with E-state index in [1.807, 2.05) is 0 Å². The SMILES string of the molecule is C[CH](C)[Zn]([CH](C)C)[CH](C)C. The standard InChI is InChI=1S/3C3H7.Zn/c3*1-3-2;/h3*3H,1-2H3;. The summed E-state index contributed by atoms with van der Waals surface area (Å²) < 4.78 is 3.12. The second-order valence-corrected chi connectivity index (χ2v) is 18.1. The first-order valence-electron chi connectivity index (χ1n) is 4.69. The van der Waals surface area contributed by atoms with Crippen molar-refractivity contribution in [2.24, 2.45) is 0 Å². The molecule has 1 heteroatoms. The molecule has 0 unspecified atom stereocenters. The fraction of sp³-hybridized carbons (Fsp3) is 1.00. The average Bonchev–Trinajstić information content (AvgIpc) is 1.59. The van der Waals surface area contributed by atoms with E-state index in [1.165, 1.54) is 0 Å². The summed E-state index contributed by atoms with van der Waals surface area (Å²) in [4.78, 5) is 0. The topological polar surface area (TPSA) is 0 Å². The van der Waals surface area contributed by atoms with Gasteiger partial charge in [-0.3, -0.25) is 0 Å². The minimum atomic E-state index is -1.12. The van der Waals surface area contributed by atoms with Crippen LogP contribution in [0.15, 0.2) is 0 Å². The van der Waals surface area contributed by atoms with E-state index in [-0.39, 0.29) is 0 Å². The molecule has 0 aliphatic heterocycles. The van der Waals surface area contributed by atoms with E-state index in [4.69, 9.17) is 0 Å². The van der Waals surface area contributed by atoms with Crippen molar-refractivity contribution in [3.8, 4) is 0 Å². The molecule has 0 saturated heterocycles. The van der Waals surface area contributed by atoms with Gasteiger partial charge in [0.05, 0.1) is 0 Å². The molecule has 0 bridgehead atoms. The maximum absolute atomic E-state index is 2.42. The van der Waals surface area contributed by atoms with Gasteiger partial charge < -0.3 is 0 Å². The molecule has 0 N–H and O–H groups in total. The van der Waals surface area contributed by atoms with Crippen molar-refractivity contribution in [3.63, 3.8) is 0 Å². The van der Waals surface area contributed by atoms with Crippen LogP contribution in [-0.2, 0) is 16.0 Å². The van der Waals surface area contributed by atoms with Gasteiger partial charge in [0.15, 0.2) is 0 Å². The molecule has 10 heavy (non-hydrogen) atoms. The first-order chi connectivity index (χ1) is 4.46. The molecule has 0 amide bonds. The molecule has 0 spiro atoms. The maximum atomic E-state index is 2.42. The summed E-state index contributed by atoms with van der Waals surface area (Å²) in [5.74, 6) is 0. The molecule has 0 aromatic carbocycles. The number of hydrogen-bond donors (Lipinski definition) is 0. The fourth-order valence-electron chi connectivity index (χ4n) is 2.83. The van der Waals surface area contributed by atoms with Crippen LogP contribution in [0.25, 0.3) is 0 Å². The van der Waals surface area contributed by atoms with Gasteiger partial charge in [-0.1, -0.05) is 0 Å². The van der Waals surface area contributed by atoms with Crippen LogP contribution in [-0.4, -0.2) is 0 Å². The summed E-state index contributed by atoms with van der Waals surface area (Å²) in [5, 5.41) is 0. The third kappa shape index (κ3) is 3.15. The van der Waals surface area contributed by atoms with Crippen LogP contribution < -0.4 is 0 Å². The Hall–Kier alpha value is 0.623. The molecule has 0 rings (SSSR count). The Balaban J connectivity index is 3.98. The van der Waals surface area contributed by atoms with Gasteiger partial charge in [-0.15, -0.1) is 0 Å². The molecule has 0 saturated carbocycles. The summed E-state index contributed by atoms with van der Waals surface area (Å²) in [5.41, 5.74) is 0. The van der Waals surface area contributed by atoms with Gasteiger partial charge in [-0.2, -0.15) is 0 Å². The summed E-state index contributed by atoms with van der Waals surface area (Å²) in [6.45, 7) is 14.5. The van der Waals surface area contributed by atoms with Crippen molar-refractivity contribution in [1.82, 2.24) is 0 Å². The predicted molar refractivity (Wildman–Crippen MR) is 45.3 cm³/mol. The van der Waals surface area contributed by atoms with Crippen molar-refractivity contribution >= 4 is 0 Å². The van der Waals surface area contributed by atoms with Crippen LogP contribution in [0.2, 0.25) is 13.5 Å².